The number of carbonyl (C=O) groups excluding carboxylic acids is 1. The van der Waals surface area contributed by atoms with Gasteiger partial charge in [-0.2, -0.15) is 0 Å². The molecule has 0 unspecified atom stereocenters. The minimum atomic E-state index is -0.0787. The first-order valence-corrected chi connectivity index (χ1v) is 6.94. The van der Waals surface area contributed by atoms with Gasteiger partial charge in [-0.15, -0.1) is 0 Å². The van der Waals surface area contributed by atoms with Gasteiger partial charge in [0, 0.05) is 24.9 Å². The van der Waals surface area contributed by atoms with E-state index >= 15 is 0 Å². The maximum absolute atomic E-state index is 12.8. The van der Waals surface area contributed by atoms with Crippen molar-refractivity contribution in [2.24, 2.45) is 5.16 Å². The number of para-hydroxylation sites is 1. The number of carbonyl (C=O) groups is 1. The second kappa shape index (κ2) is 5.44. The molecule has 3 rings (SSSR count). The van der Waals surface area contributed by atoms with Gasteiger partial charge in [-0.05, 0) is 12.1 Å². The van der Waals surface area contributed by atoms with E-state index in [9.17, 15) is 4.79 Å². The van der Waals surface area contributed by atoms with Gasteiger partial charge in [0.1, 0.15) is 5.76 Å². The lowest BCUT2D eigenvalue weighted by Gasteiger charge is -2.29. The first kappa shape index (κ1) is 13.4. The van der Waals surface area contributed by atoms with Gasteiger partial charge in [-0.1, -0.05) is 30.3 Å². The monoisotopic (exact) mass is 284 g/mol. The number of fused-ring (bicyclic) bond motifs is 1. The molecule has 5 nitrogen and oxygen atoms in total. The minimum Gasteiger partial charge on any atom is -0.469 e. The quantitative estimate of drug-likeness (QED) is 0.680. The van der Waals surface area contributed by atoms with Crippen molar-refractivity contribution in [1.82, 2.24) is 0 Å². The largest absolute Gasteiger partial charge is 0.469 e. The van der Waals surface area contributed by atoms with Crippen molar-refractivity contribution in [3.8, 4) is 0 Å². The Balaban J connectivity index is 2.02. The van der Waals surface area contributed by atoms with E-state index in [1.807, 2.05) is 31.2 Å². The molecule has 0 bridgehead atoms. The van der Waals surface area contributed by atoms with Crippen LogP contribution in [-0.4, -0.2) is 23.4 Å². The number of furan rings is 1. The van der Waals surface area contributed by atoms with Gasteiger partial charge < -0.3 is 14.5 Å². The molecule has 0 saturated heterocycles. The summed E-state index contributed by atoms with van der Waals surface area (Å²) in [7, 11) is 0. The number of anilines is 1. The van der Waals surface area contributed by atoms with Crippen molar-refractivity contribution in [2.45, 2.75) is 19.8 Å². The highest BCUT2D eigenvalue weighted by atomic mass is 16.4. The molecule has 1 aliphatic heterocycles. The number of oxime groups is 1. The standard InChI is InChI=1S/C16H16N2O3/c1-2-15-12(8-10-21-15)16(19)18-9-7-13(17-20)11-5-3-4-6-14(11)18/h3-6,8,10,20H,2,7,9H2,1H3/b17-13-. The van der Waals surface area contributed by atoms with Crippen LogP contribution in [0.4, 0.5) is 5.69 Å². The van der Waals surface area contributed by atoms with Crippen LogP contribution in [0.15, 0.2) is 46.2 Å². The second-order valence-corrected chi connectivity index (χ2v) is 4.88. The lowest BCUT2D eigenvalue weighted by atomic mass is 9.98. The van der Waals surface area contributed by atoms with Crippen molar-refractivity contribution in [1.29, 1.82) is 0 Å². The van der Waals surface area contributed by atoms with Gasteiger partial charge in [0.2, 0.25) is 0 Å². The topological polar surface area (TPSA) is 66.0 Å². The van der Waals surface area contributed by atoms with Gasteiger partial charge in [0.25, 0.3) is 5.91 Å². The van der Waals surface area contributed by atoms with Crippen LogP contribution < -0.4 is 4.90 Å². The second-order valence-electron chi connectivity index (χ2n) is 4.88. The summed E-state index contributed by atoms with van der Waals surface area (Å²) in [6.07, 6.45) is 2.74. The molecular formula is C16H16N2O3. The summed E-state index contributed by atoms with van der Waals surface area (Å²) in [4.78, 5) is 14.5. The fourth-order valence-electron chi connectivity index (χ4n) is 2.69. The Kier molecular flexibility index (Phi) is 3.48. The van der Waals surface area contributed by atoms with Crippen molar-refractivity contribution >= 4 is 17.3 Å². The number of amides is 1. The summed E-state index contributed by atoms with van der Waals surface area (Å²) in [5, 5.41) is 12.4. The maximum Gasteiger partial charge on any atom is 0.261 e. The third-order valence-corrected chi connectivity index (χ3v) is 3.74. The zero-order chi connectivity index (χ0) is 14.8. The Hall–Kier alpha value is -2.56. The molecular weight excluding hydrogens is 268 g/mol. The fraction of sp³-hybridized carbons (Fsp3) is 0.250. The molecule has 1 aromatic heterocycles. The number of hydrogen-bond acceptors (Lipinski definition) is 4. The average Bonchev–Trinajstić information content (AvgIpc) is 3.01. The first-order valence-electron chi connectivity index (χ1n) is 6.94. The Morgan fingerprint density at radius 2 is 2.19 bits per heavy atom. The van der Waals surface area contributed by atoms with Crippen LogP contribution in [-0.2, 0) is 6.42 Å². The summed E-state index contributed by atoms with van der Waals surface area (Å²) in [6, 6.07) is 9.17. The highest BCUT2D eigenvalue weighted by Crippen LogP contribution is 2.29. The van der Waals surface area contributed by atoms with E-state index < -0.39 is 0 Å². The Bertz CT molecular complexity index is 703. The highest BCUT2D eigenvalue weighted by molar-refractivity contribution is 6.14. The van der Waals surface area contributed by atoms with Gasteiger partial charge in [0.15, 0.2) is 0 Å². The van der Waals surface area contributed by atoms with Crippen molar-refractivity contribution in [3.05, 3.63) is 53.5 Å². The van der Waals surface area contributed by atoms with E-state index in [0.717, 1.165) is 11.3 Å². The Morgan fingerprint density at radius 3 is 2.95 bits per heavy atom. The normalized spacial score (nSPS) is 16.0. The molecule has 21 heavy (non-hydrogen) atoms. The van der Waals surface area contributed by atoms with E-state index in [4.69, 9.17) is 9.62 Å². The summed E-state index contributed by atoms with van der Waals surface area (Å²) < 4.78 is 5.34. The van der Waals surface area contributed by atoms with E-state index in [2.05, 4.69) is 5.16 Å². The molecule has 1 aliphatic rings. The lowest BCUT2D eigenvalue weighted by molar-refractivity contribution is 0.0985. The van der Waals surface area contributed by atoms with Crippen LogP contribution in [0, 0.1) is 0 Å². The van der Waals surface area contributed by atoms with Gasteiger partial charge in [-0.25, -0.2) is 0 Å². The smallest absolute Gasteiger partial charge is 0.261 e. The zero-order valence-electron chi connectivity index (χ0n) is 11.7. The van der Waals surface area contributed by atoms with Crippen LogP contribution in [0.2, 0.25) is 0 Å². The van der Waals surface area contributed by atoms with Gasteiger partial charge >= 0.3 is 0 Å². The molecule has 108 valence electrons. The van der Waals surface area contributed by atoms with E-state index in [-0.39, 0.29) is 5.91 Å². The molecule has 1 aromatic carbocycles. The molecule has 2 aromatic rings. The SMILES string of the molecule is CCc1occc1C(=O)N1CC/C(=N/O)c2ccccc21. The van der Waals surface area contributed by atoms with E-state index in [1.165, 1.54) is 0 Å². The van der Waals surface area contributed by atoms with Crippen LogP contribution in [0.1, 0.15) is 35.0 Å². The molecule has 5 heteroatoms. The first-order chi connectivity index (χ1) is 10.3. The summed E-state index contributed by atoms with van der Waals surface area (Å²) in [6.45, 7) is 2.44. The Labute approximate surface area is 122 Å². The van der Waals surface area contributed by atoms with Crippen LogP contribution in [0.5, 0.6) is 0 Å². The zero-order valence-corrected chi connectivity index (χ0v) is 11.7. The Morgan fingerprint density at radius 1 is 1.38 bits per heavy atom. The van der Waals surface area contributed by atoms with Crippen molar-refractivity contribution in [2.75, 3.05) is 11.4 Å². The predicted octanol–water partition coefficient (Wildman–Crippen LogP) is 3.07. The summed E-state index contributed by atoms with van der Waals surface area (Å²) >= 11 is 0. The van der Waals surface area contributed by atoms with Crippen LogP contribution in [0.3, 0.4) is 0 Å². The molecule has 0 atom stereocenters. The van der Waals surface area contributed by atoms with Gasteiger partial charge in [-0.3, -0.25) is 4.79 Å². The minimum absolute atomic E-state index is 0.0787. The van der Waals surface area contributed by atoms with E-state index in [1.54, 1.807) is 17.2 Å². The molecule has 0 radical (unpaired) electrons. The van der Waals surface area contributed by atoms with E-state index in [0.29, 0.717) is 36.4 Å². The molecule has 0 fully saturated rings. The van der Waals surface area contributed by atoms with Crippen LogP contribution >= 0.6 is 0 Å². The third-order valence-electron chi connectivity index (χ3n) is 3.74. The maximum atomic E-state index is 12.8. The highest BCUT2D eigenvalue weighted by Gasteiger charge is 2.28. The molecule has 0 aliphatic carbocycles. The summed E-state index contributed by atoms with van der Waals surface area (Å²) in [5.74, 6) is 0.615. The molecule has 0 saturated carbocycles. The summed E-state index contributed by atoms with van der Waals surface area (Å²) in [5.41, 5.74) is 2.76. The number of aryl methyl sites for hydroxylation is 1. The number of benzene rings is 1. The molecule has 1 amide bonds. The fourth-order valence-corrected chi connectivity index (χ4v) is 2.69. The van der Waals surface area contributed by atoms with Crippen molar-refractivity contribution < 1.29 is 14.4 Å². The molecule has 1 N–H and O–H groups in total. The predicted molar refractivity (Wildman–Crippen MR) is 79.1 cm³/mol. The van der Waals surface area contributed by atoms with Gasteiger partial charge in [0.05, 0.1) is 23.2 Å². The average molecular weight is 284 g/mol. The number of rotatable bonds is 2. The third kappa shape index (κ3) is 2.20. The number of nitrogens with zero attached hydrogens (tertiary/aromatic N) is 2. The van der Waals surface area contributed by atoms with Crippen LogP contribution in [0.25, 0.3) is 0 Å². The van der Waals surface area contributed by atoms with Crippen molar-refractivity contribution in [3.63, 3.8) is 0 Å². The number of hydrogen-bond donors (Lipinski definition) is 1. The molecule has 2 heterocycles. The molecule has 0 spiro atoms. The lowest BCUT2D eigenvalue weighted by Crippen LogP contribution is -2.37.